The Morgan fingerprint density at radius 3 is 2.46 bits per heavy atom. The summed E-state index contributed by atoms with van der Waals surface area (Å²) < 4.78 is 18.0. The third kappa shape index (κ3) is 4.93. The lowest BCUT2D eigenvalue weighted by molar-refractivity contribution is 0.240. The number of rotatable bonds is 8. The van der Waals surface area contributed by atoms with Gasteiger partial charge in [0.1, 0.15) is 11.5 Å². The average Bonchev–Trinajstić information content (AvgIpc) is 3.00. The van der Waals surface area contributed by atoms with Crippen molar-refractivity contribution in [3.8, 4) is 11.5 Å². The van der Waals surface area contributed by atoms with Crippen LogP contribution < -0.4 is 9.47 Å². The Hall–Kier alpha value is -2.64. The lowest BCUT2D eigenvalue weighted by Gasteiger charge is -2.15. The summed E-state index contributed by atoms with van der Waals surface area (Å²) in [4.78, 5) is 2.44. The molecule has 0 saturated carbocycles. The molecule has 7 heteroatoms. The van der Waals surface area contributed by atoms with Crippen LogP contribution in [0.4, 0.5) is 0 Å². The molecular weight excluding hydrogens is 350 g/mol. The maximum Gasteiger partial charge on any atom is 0.288 e. The van der Waals surface area contributed by atoms with Crippen LogP contribution in [0, 0.1) is 4.84 Å². The molecule has 0 aliphatic heterocycles. The number of aromatic nitrogens is 2. The van der Waals surface area contributed by atoms with Gasteiger partial charge >= 0.3 is 0 Å². The highest BCUT2D eigenvalue weighted by Crippen LogP contribution is 2.18. The van der Waals surface area contributed by atoms with Crippen LogP contribution >= 0.6 is 12.2 Å². The molecule has 0 spiro atoms. The lowest BCUT2D eigenvalue weighted by atomic mass is 10.2. The molecule has 6 nitrogen and oxygen atoms in total. The highest BCUT2D eigenvalue weighted by molar-refractivity contribution is 7.71. The Kier molecular flexibility index (Phi) is 6.04. The SMILES string of the molecule is COc1ccc(OCc2nn(CN(C)Cc3ccccc3)c(=S)o2)cc1. The number of ether oxygens (including phenoxy) is 2. The Labute approximate surface area is 157 Å². The van der Waals surface area contributed by atoms with Gasteiger partial charge in [0.15, 0.2) is 6.61 Å². The maximum absolute atomic E-state index is 5.68. The first-order valence-corrected chi connectivity index (χ1v) is 8.61. The van der Waals surface area contributed by atoms with E-state index in [4.69, 9.17) is 26.1 Å². The summed E-state index contributed by atoms with van der Waals surface area (Å²) in [7, 11) is 3.64. The van der Waals surface area contributed by atoms with Gasteiger partial charge in [-0.2, -0.15) is 0 Å². The molecule has 0 bridgehead atoms. The van der Waals surface area contributed by atoms with E-state index in [2.05, 4.69) is 22.1 Å². The largest absolute Gasteiger partial charge is 0.497 e. The highest BCUT2D eigenvalue weighted by Gasteiger charge is 2.09. The lowest BCUT2D eigenvalue weighted by Crippen LogP contribution is -2.22. The fourth-order valence-electron chi connectivity index (χ4n) is 2.49. The van der Waals surface area contributed by atoms with Crippen LogP contribution in [0.1, 0.15) is 11.5 Å². The first-order chi connectivity index (χ1) is 12.6. The van der Waals surface area contributed by atoms with Crippen LogP contribution in [0.3, 0.4) is 0 Å². The molecule has 136 valence electrons. The maximum atomic E-state index is 5.68. The molecule has 2 aromatic carbocycles. The van der Waals surface area contributed by atoms with E-state index in [0.717, 1.165) is 12.3 Å². The normalized spacial score (nSPS) is 10.9. The van der Waals surface area contributed by atoms with Gasteiger partial charge in [-0.25, -0.2) is 4.68 Å². The van der Waals surface area contributed by atoms with E-state index >= 15 is 0 Å². The molecule has 0 fully saturated rings. The molecular formula is C19H21N3O3S. The third-order valence-corrected chi connectivity index (χ3v) is 4.03. The monoisotopic (exact) mass is 371 g/mol. The van der Waals surface area contributed by atoms with Gasteiger partial charge in [-0.3, -0.25) is 4.90 Å². The van der Waals surface area contributed by atoms with Crippen molar-refractivity contribution in [3.05, 3.63) is 70.9 Å². The molecule has 0 aliphatic carbocycles. The van der Waals surface area contributed by atoms with Crippen LogP contribution in [-0.4, -0.2) is 28.8 Å². The summed E-state index contributed by atoms with van der Waals surface area (Å²) in [6, 6.07) is 17.6. The van der Waals surface area contributed by atoms with Crippen molar-refractivity contribution in [2.75, 3.05) is 14.2 Å². The first-order valence-electron chi connectivity index (χ1n) is 8.20. The molecule has 26 heavy (non-hydrogen) atoms. The van der Waals surface area contributed by atoms with Crippen LogP contribution in [0.5, 0.6) is 11.5 Å². The number of hydrogen-bond donors (Lipinski definition) is 0. The number of benzene rings is 2. The zero-order valence-corrected chi connectivity index (χ0v) is 15.6. The molecule has 1 aromatic heterocycles. The Balaban J connectivity index is 1.57. The van der Waals surface area contributed by atoms with Crippen LogP contribution in [0.2, 0.25) is 0 Å². The molecule has 3 aromatic rings. The first kappa shape index (κ1) is 18.2. The summed E-state index contributed by atoms with van der Waals surface area (Å²) >= 11 is 5.25. The van der Waals surface area contributed by atoms with E-state index in [0.29, 0.717) is 23.1 Å². The van der Waals surface area contributed by atoms with Crippen molar-refractivity contribution in [1.29, 1.82) is 0 Å². The number of methoxy groups -OCH3 is 1. The molecule has 0 aliphatic rings. The Bertz CT molecular complexity index is 875. The fourth-order valence-corrected chi connectivity index (χ4v) is 2.68. The standard InChI is InChI=1S/C19H21N3O3S/c1-21(12-15-6-4-3-5-7-15)14-22-19(26)25-18(20-22)13-24-17-10-8-16(23-2)9-11-17/h3-11H,12-14H2,1-2H3. The third-order valence-electron chi connectivity index (χ3n) is 3.74. The van der Waals surface area contributed by atoms with Gasteiger partial charge in [0.2, 0.25) is 0 Å². The van der Waals surface area contributed by atoms with Gasteiger partial charge in [-0.15, -0.1) is 5.10 Å². The zero-order valence-electron chi connectivity index (χ0n) is 14.8. The summed E-state index contributed by atoms with van der Waals surface area (Å²) in [6.07, 6.45) is 0. The molecule has 1 heterocycles. The Morgan fingerprint density at radius 2 is 1.77 bits per heavy atom. The highest BCUT2D eigenvalue weighted by atomic mass is 32.1. The second kappa shape index (κ2) is 8.64. The summed E-state index contributed by atoms with van der Waals surface area (Å²) in [6.45, 7) is 1.55. The van der Waals surface area contributed by atoms with Crippen molar-refractivity contribution < 1.29 is 13.9 Å². The summed E-state index contributed by atoms with van der Waals surface area (Å²) in [5.74, 6) is 1.93. The average molecular weight is 371 g/mol. The van der Waals surface area contributed by atoms with Crippen molar-refractivity contribution in [2.24, 2.45) is 0 Å². The van der Waals surface area contributed by atoms with E-state index in [1.54, 1.807) is 11.8 Å². The van der Waals surface area contributed by atoms with Gasteiger partial charge in [0, 0.05) is 6.54 Å². The summed E-state index contributed by atoms with van der Waals surface area (Å²) in [5, 5.41) is 4.39. The van der Waals surface area contributed by atoms with Crippen molar-refractivity contribution >= 4 is 12.2 Å². The second-order valence-electron chi connectivity index (χ2n) is 5.87. The van der Waals surface area contributed by atoms with Crippen molar-refractivity contribution in [2.45, 2.75) is 19.8 Å². The molecule has 0 unspecified atom stereocenters. The zero-order chi connectivity index (χ0) is 18.4. The van der Waals surface area contributed by atoms with E-state index in [-0.39, 0.29) is 6.61 Å². The van der Waals surface area contributed by atoms with Crippen molar-refractivity contribution in [1.82, 2.24) is 14.7 Å². The van der Waals surface area contributed by atoms with E-state index in [1.807, 2.05) is 49.5 Å². The predicted molar refractivity (Wildman–Crippen MR) is 101 cm³/mol. The van der Waals surface area contributed by atoms with Crippen molar-refractivity contribution in [3.63, 3.8) is 0 Å². The Morgan fingerprint density at radius 1 is 1.08 bits per heavy atom. The molecule has 0 atom stereocenters. The molecule has 0 radical (unpaired) electrons. The smallest absolute Gasteiger partial charge is 0.288 e. The van der Waals surface area contributed by atoms with Crippen LogP contribution in [0.25, 0.3) is 0 Å². The van der Waals surface area contributed by atoms with Gasteiger partial charge in [0.05, 0.1) is 13.8 Å². The van der Waals surface area contributed by atoms with E-state index < -0.39 is 0 Å². The van der Waals surface area contributed by atoms with Crippen LogP contribution in [-0.2, 0) is 19.8 Å². The minimum Gasteiger partial charge on any atom is -0.497 e. The topological polar surface area (TPSA) is 52.7 Å². The van der Waals surface area contributed by atoms with E-state index in [9.17, 15) is 0 Å². The second-order valence-corrected chi connectivity index (χ2v) is 6.22. The predicted octanol–water partition coefficient (Wildman–Crippen LogP) is 3.88. The van der Waals surface area contributed by atoms with Gasteiger partial charge < -0.3 is 13.9 Å². The minimum atomic E-state index is 0.214. The molecule has 0 amide bonds. The molecule has 3 rings (SSSR count). The number of nitrogens with zero attached hydrogens (tertiary/aromatic N) is 3. The summed E-state index contributed by atoms with van der Waals surface area (Å²) in [5.41, 5.74) is 1.23. The quantitative estimate of drug-likeness (QED) is 0.560. The van der Waals surface area contributed by atoms with E-state index in [1.165, 1.54) is 5.56 Å². The van der Waals surface area contributed by atoms with Gasteiger partial charge in [-0.1, -0.05) is 30.3 Å². The minimum absolute atomic E-state index is 0.214. The molecule has 0 saturated heterocycles. The fraction of sp³-hybridized carbons (Fsp3) is 0.263. The van der Waals surface area contributed by atoms with Crippen LogP contribution in [0.15, 0.2) is 59.0 Å². The molecule has 0 N–H and O–H groups in total. The number of hydrogen-bond acceptors (Lipinski definition) is 6. The van der Waals surface area contributed by atoms with Gasteiger partial charge in [-0.05, 0) is 49.1 Å². The van der Waals surface area contributed by atoms with Gasteiger partial charge in [0.25, 0.3) is 10.7 Å².